The number of nitrogens with zero attached hydrogens (tertiary/aromatic N) is 5. The van der Waals surface area contributed by atoms with E-state index < -0.39 is 0 Å². The average molecular weight is 509 g/mol. The Kier molecular flexibility index (Phi) is 8.86. The van der Waals surface area contributed by atoms with Crippen LogP contribution in [-0.2, 0) is 22.6 Å². The summed E-state index contributed by atoms with van der Waals surface area (Å²) in [6.07, 6.45) is 10.1. The summed E-state index contributed by atoms with van der Waals surface area (Å²) in [6.45, 7) is 7.54. The summed E-state index contributed by atoms with van der Waals surface area (Å²) in [6, 6.07) is 9.07. The van der Waals surface area contributed by atoms with Crippen LogP contribution in [0.4, 0.5) is 5.82 Å². The van der Waals surface area contributed by atoms with Crippen LogP contribution in [0.1, 0.15) is 69.4 Å². The lowest BCUT2D eigenvalue weighted by molar-refractivity contribution is -0.165. The number of anilines is 1. The maximum absolute atomic E-state index is 6.28. The van der Waals surface area contributed by atoms with Crippen molar-refractivity contribution in [3.05, 3.63) is 41.6 Å². The number of nitrogens with two attached hydrogens (primary N) is 1. The van der Waals surface area contributed by atoms with E-state index in [2.05, 4.69) is 46.2 Å². The first-order chi connectivity index (χ1) is 18.2. The van der Waals surface area contributed by atoms with Gasteiger partial charge in [-0.05, 0) is 62.7 Å². The first kappa shape index (κ1) is 25.9. The minimum Gasteiger partial charge on any atom is -0.460 e. The van der Waals surface area contributed by atoms with Crippen LogP contribution in [0, 0.1) is 0 Å². The van der Waals surface area contributed by atoms with E-state index in [4.69, 9.17) is 24.9 Å². The fourth-order valence-electron chi connectivity index (χ4n) is 5.15. The zero-order chi connectivity index (χ0) is 25.5. The summed E-state index contributed by atoms with van der Waals surface area (Å²) < 4.78 is 19.7. The Labute approximate surface area is 219 Å². The van der Waals surface area contributed by atoms with Crippen molar-refractivity contribution in [3.8, 4) is 6.01 Å². The molecule has 4 heterocycles. The summed E-state index contributed by atoms with van der Waals surface area (Å²) >= 11 is 0. The molecule has 0 spiro atoms. The molecular formula is C28H40N6O3. The monoisotopic (exact) mass is 508 g/mol. The fraction of sp³-hybridized carbons (Fsp3) is 0.607. The predicted octanol–water partition coefficient (Wildman–Crippen LogP) is 4.53. The highest BCUT2D eigenvalue weighted by Gasteiger charge is 2.19. The molecule has 0 bridgehead atoms. The van der Waals surface area contributed by atoms with Crippen LogP contribution in [0.5, 0.6) is 6.01 Å². The number of hydrogen-bond donors (Lipinski definition) is 1. The van der Waals surface area contributed by atoms with E-state index in [9.17, 15) is 0 Å². The standard InChI is InChI=1S/C28H40N6O3/c1-2-7-23(13-17-36-25-8-3-6-16-35-25)37-28-31-26(29)24-18-30-34(27(24)32-28)20-22-11-9-21(10-12-22)19-33-14-4-5-15-33/h9-12,18,23,25H,2-8,13-17,19-20H2,1H3,(H2,29,31,32)/t23-,25?/m1/s1. The Balaban J connectivity index is 1.23. The maximum atomic E-state index is 6.28. The summed E-state index contributed by atoms with van der Waals surface area (Å²) in [7, 11) is 0. The molecule has 37 heavy (non-hydrogen) atoms. The van der Waals surface area contributed by atoms with E-state index >= 15 is 0 Å². The van der Waals surface area contributed by atoms with Crippen LogP contribution >= 0.6 is 0 Å². The van der Waals surface area contributed by atoms with Gasteiger partial charge in [0, 0.05) is 19.6 Å². The maximum Gasteiger partial charge on any atom is 0.320 e. The summed E-state index contributed by atoms with van der Waals surface area (Å²) in [5.41, 5.74) is 9.48. The molecule has 0 saturated carbocycles. The minimum atomic E-state index is -0.0945. The SMILES string of the molecule is CCC[C@H](CCOC1CCCCO1)Oc1nc(N)c2cnn(Cc3ccc(CN4CCCC4)cc3)c2n1. The molecule has 9 heteroatoms. The van der Waals surface area contributed by atoms with E-state index in [1.807, 2.05) is 4.68 Å². The molecule has 2 atom stereocenters. The molecule has 2 aliphatic rings. The number of aromatic nitrogens is 4. The number of benzene rings is 1. The van der Waals surface area contributed by atoms with Gasteiger partial charge in [0.05, 0.1) is 24.7 Å². The normalized spacial score (nSPS) is 19.4. The Morgan fingerprint density at radius 1 is 1.03 bits per heavy atom. The van der Waals surface area contributed by atoms with Crippen molar-refractivity contribution in [2.75, 3.05) is 32.0 Å². The molecule has 3 aromatic rings. The van der Waals surface area contributed by atoms with E-state index in [1.165, 1.54) is 37.1 Å². The molecule has 2 aromatic heterocycles. The molecular weight excluding hydrogens is 468 g/mol. The van der Waals surface area contributed by atoms with Gasteiger partial charge in [-0.1, -0.05) is 37.6 Å². The molecule has 1 aromatic carbocycles. The van der Waals surface area contributed by atoms with Crippen LogP contribution < -0.4 is 10.5 Å². The molecule has 0 radical (unpaired) electrons. The van der Waals surface area contributed by atoms with Crippen molar-refractivity contribution in [2.45, 2.75) is 83.8 Å². The summed E-state index contributed by atoms with van der Waals surface area (Å²) in [5.74, 6) is 0.384. The average Bonchev–Trinajstić information content (AvgIpc) is 3.56. The number of hydrogen-bond acceptors (Lipinski definition) is 8. The van der Waals surface area contributed by atoms with Gasteiger partial charge in [0.2, 0.25) is 0 Å². The number of ether oxygens (including phenoxy) is 3. The predicted molar refractivity (Wildman–Crippen MR) is 143 cm³/mol. The zero-order valence-electron chi connectivity index (χ0n) is 22.0. The lowest BCUT2D eigenvalue weighted by atomic mass is 10.1. The van der Waals surface area contributed by atoms with Crippen LogP contribution in [0.3, 0.4) is 0 Å². The van der Waals surface area contributed by atoms with Gasteiger partial charge < -0.3 is 19.9 Å². The highest BCUT2D eigenvalue weighted by molar-refractivity contribution is 5.85. The van der Waals surface area contributed by atoms with Crippen molar-refractivity contribution >= 4 is 16.9 Å². The van der Waals surface area contributed by atoms with E-state index in [0.717, 1.165) is 57.1 Å². The number of fused-ring (bicyclic) bond motifs is 1. The van der Waals surface area contributed by atoms with Crippen molar-refractivity contribution < 1.29 is 14.2 Å². The van der Waals surface area contributed by atoms with Gasteiger partial charge in [0.25, 0.3) is 0 Å². The highest BCUT2D eigenvalue weighted by atomic mass is 16.7. The van der Waals surface area contributed by atoms with Crippen molar-refractivity contribution in [2.24, 2.45) is 0 Å². The second-order valence-electron chi connectivity index (χ2n) is 10.2. The van der Waals surface area contributed by atoms with Crippen molar-refractivity contribution in [3.63, 3.8) is 0 Å². The van der Waals surface area contributed by atoms with E-state index in [0.29, 0.717) is 30.6 Å². The molecule has 0 aliphatic carbocycles. The highest BCUT2D eigenvalue weighted by Crippen LogP contribution is 2.23. The lowest BCUT2D eigenvalue weighted by Gasteiger charge is -2.24. The summed E-state index contributed by atoms with van der Waals surface area (Å²) in [5, 5.41) is 5.29. The number of likely N-dealkylation sites (tertiary alicyclic amines) is 1. The first-order valence-corrected chi connectivity index (χ1v) is 13.9. The van der Waals surface area contributed by atoms with Crippen LogP contribution in [0.2, 0.25) is 0 Å². The minimum absolute atomic E-state index is 0.0510. The summed E-state index contributed by atoms with van der Waals surface area (Å²) in [4.78, 5) is 11.6. The molecule has 2 fully saturated rings. The molecule has 9 nitrogen and oxygen atoms in total. The first-order valence-electron chi connectivity index (χ1n) is 13.9. The molecule has 2 saturated heterocycles. The molecule has 1 unspecified atom stereocenters. The van der Waals surface area contributed by atoms with Crippen LogP contribution in [0.15, 0.2) is 30.5 Å². The van der Waals surface area contributed by atoms with Gasteiger partial charge in [-0.25, -0.2) is 4.68 Å². The molecule has 200 valence electrons. The lowest BCUT2D eigenvalue weighted by Crippen LogP contribution is -2.26. The molecule has 5 rings (SSSR count). The van der Waals surface area contributed by atoms with E-state index in [-0.39, 0.29) is 12.4 Å². The van der Waals surface area contributed by atoms with Gasteiger partial charge in [0.15, 0.2) is 11.9 Å². The van der Waals surface area contributed by atoms with Gasteiger partial charge in [0.1, 0.15) is 11.9 Å². The molecule has 2 aliphatic heterocycles. The van der Waals surface area contributed by atoms with Gasteiger partial charge >= 0.3 is 6.01 Å². The fourth-order valence-corrected chi connectivity index (χ4v) is 5.15. The van der Waals surface area contributed by atoms with Gasteiger partial charge in [-0.2, -0.15) is 15.1 Å². The van der Waals surface area contributed by atoms with E-state index in [1.54, 1.807) is 6.20 Å². The van der Waals surface area contributed by atoms with Crippen LogP contribution in [0.25, 0.3) is 11.0 Å². The second kappa shape index (κ2) is 12.7. The Morgan fingerprint density at radius 3 is 2.54 bits per heavy atom. The van der Waals surface area contributed by atoms with Crippen LogP contribution in [-0.4, -0.2) is 63.3 Å². The third-order valence-electron chi connectivity index (χ3n) is 7.23. The quantitative estimate of drug-likeness (QED) is 0.381. The zero-order valence-corrected chi connectivity index (χ0v) is 22.0. The second-order valence-corrected chi connectivity index (χ2v) is 10.2. The van der Waals surface area contributed by atoms with Gasteiger partial charge in [-0.3, -0.25) is 4.90 Å². The van der Waals surface area contributed by atoms with Crippen molar-refractivity contribution in [1.82, 2.24) is 24.6 Å². The Bertz CT molecular complexity index is 1120. The topological polar surface area (TPSA) is 101 Å². The smallest absolute Gasteiger partial charge is 0.320 e. The number of rotatable bonds is 12. The third kappa shape index (κ3) is 6.97. The van der Waals surface area contributed by atoms with Gasteiger partial charge in [-0.15, -0.1) is 0 Å². The largest absolute Gasteiger partial charge is 0.460 e. The Hall–Kier alpha value is -2.75. The Morgan fingerprint density at radius 2 is 1.81 bits per heavy atom. The number of nitrogen functional groups attached to an aromatic ring is 1. The van der Waals surface area contributed by atoms with Crippen molar-refractivity contribution in [1.29, 1.82) is 0 Å². The molecule has 2 N–H and O–H groups in total. The molecule has 0 amide bonds. The third-order valence-corrected chi connectivity index (χ3v) is 7.23.